The highest BCUT2D eigenvalue weighted by Gasteiger charge is 2.16. The number of aromatic nitrogens is 1. The quantitative estimate of drug-likeness (QED) is 0.451. The lowest BCUT2D eigenvalue weighted by atomic mass is 10.0. The molecule has 2 nitrogen and oxygen atoms in total. The number of carbonyl (C=O) groups excluding carboxylic acids is 1. The molecular formula is C19H16ClNOS. The molecule has 0 aliphatic carbocycles. The topological polar surface area (TPSA) is 30.0 Å². The molecule has 1 heterocycles. The molecule has 0 saturated heterocycles. The number of halogens is 1. The zero-order chi connectivity index (χ0) is 16.4. The van der Waals surface area contributed by atoms with E-state index >= 15 is 0 Å². The van der Waals surface area contributed by atoms with E-state index in [1.165, 1.54) is 0 Å². The van der Waals surface area contributed by atoms with Crippen molar-refractivity contribution in [1.82, 2.24) is 4.98 Å². The number of para-hydroxylation sites is 1. The number of carbonyl (C=O) groups is 1. The number of hydrogen-bond acceptors (Lipinski definition) is 3. The summed E-state index contributed by atoms with van der Waals surface area (Å²) in [4.78, 5) is 16.8. The average molecular weight is 342 g/mol. The normalized spacial score (nSPS) is 10.9. The monoisotopic (exact) mass is 341 g/mol. The molecule has 23 heavy (non-hydrogen) atoms. The maximum atomic E-state index is 12.1. The third kappa shape index (κ3) is 3.41. The van der Waals surface area contributed by atoms with E-state index in [4.69, 9.17) is 16.6 Å². The van der Waals surface area contributed by atoms with Crippen LogP contribution in [0.3, 0.4) is 0 Å². The van der Waals surface area contributed by atoms with Gasteiger partial charge < -0.3 is 0 Å². The third-order valence-electron chi connectivity index (χ3n) is 3.76. The Bertz CT molecular complexity index is 874. The fraction of sp³-hybridized carbons (Fsp3) is 0.158. The van der Waals surface area contributed by atoms with Crippen molar-refractivity contribution in [2.45, 2.75) is 24.6 Å². The molecule has 3 aromatic rings. The summed E-state index contributed by atoms with van der Waals surface area (Å²) in [6.45, 7) is 3.60. The zero-order valence-corrected chi connectivity index (χ0v) is 14.5. The predicted molar refractivity (Wildman–Crippen MR) is 97.5 cm³/mol. The number of Topliss-reactive ketones (excluding diaryl/α,β-unsaturated/α-hetero) is 1. The molecule has 0 unspecified atom stereocenters. The van der Waals surface area contributed by atoms with E-state index in [0.29, 0.717) is 0 Å². The Kier molecular flexibility index (Phi) is 4.69. The van der Waals surface area contributed by atoms with Crippen molar-refractivity contribution in [1.29, 1.82) is 0 Å². The lowest BCUT2D eigenvalue weighted by Crippen LogP contribution is -2.03. The molecule has 1 aromatic heterocycles. The van der Waals surface area contributed by atoms with E-state index in [0.717, 1.165) is 43.4 Å². The molecule has 116 valence electrons. The van der Waals surface area contributed by atoms with Crippen molar-refractivity contribution in [2.75, 3.05) is 0 Å². The van der Waals surface area contributed by atoms with Crippen LogP contribution in [0.15, 0.2) is 53.6 Å². The molecule has 0 N–H and O–H groups in total. The Hall–Kier alpha value is -1.84. The summed E-state index contributed by atoms with van der Waals surface area (Å²) in [5, 5.41) is 2.56. The van der Waals surface area contributed by atoms with Crippen LogP contribution in [0.25, 0.3) is 10.9 Å². The smallest absolute Gasteiger partial charge is 0.162 e. The van der Waals surface area contributed by atoms with Crippen LogP contribution in [0.2, 0.25) is 5.02 Å². The van der Waals surface area contributed by atoms with Crippen LogP contribution in [-0.4, -0.2) is 10.8 Å². The van der Waals surface area contributed by atoms with E-state index in [2.05, 4.69) is 0 Å². The van der Waals surface area contributed by atoms with Gasteiger partial charge in [0.15, 0.2) is 5.78 Å². The van der Waals surface area contributed by atoms with Crippen molar-refractivity contribution in [3.8, 4) is 0 Å². The Balaban J connectivity index is 2.00. The highest BCUT2D eigenvalue weighted by atomic mass is 35.5. The Morgan fingerprint density at radius 1 is 1.13 bits per heavy atom. The molecule has 0 radical (unpaired) electrons. The van der Waals surface area contributed by atoms with Crippen molar-refractivity contribution in [3.63, 3.8) is 0 Å². The van der Waals surface area contributed by atoms with E-state index < -0.39 is 0 Å². The van der Waals surface area contributed by atoms with Crippen LogP contribution in [0.4, 0.5) is 0 Å². The van der Waals surface area contributed by atoms with Gasteiger partial charge in [-0.25, -0.2) is 4.98 Å². The van der Waals surface area contributed by atoms with Gasteiger partial charge in [0.05, 0.1) is 11.1 Å². The first-order valence-electron chi connectivity index (χ1n) is 7.34. The first-order valence-corrected chi connectivity index (χ1v) is 8.70. The van der Waals surface area contributed by atoms with Crippen molar-refractivity contribution >= 4 is 40.0 Å². The van der Waals surface area contributed by atoms with Crippen molar-refractivity contribution in [2.24, 2.45) is 0 Å². The fourth-order valence-electron chi connectivity index (χ4n) is 2.60. The molecule has 0 fully saturated rings. The Morgan fingerprint density at radius 3 is 2.52 bits per heavy atom. The van der Waals surface area contributed by atoms with Gasteiger partial charge >= 0.3 is 0 Å². The van der Waals surface area contributed by atoms with Crippen molar-refractivity contribution in [3.05, 3.63) is 70.2 Å². The molecule has 0 aliphatic rings. The molecule has 4 heteroatoms. The van der Waals surface area contributed by atoms with Crippen LogP contribution < -0.4 is 0 Å². The standard InChI is InChI=1S/C19H16ClNOS/c1-12-16-5-3-4-6-17(16)21-19(18(12)13(2)22)23-11-14-7-9-15(20)10-8-14/h3-10H,11H2,1-2H3. The number of aryl methyl sites for hydroxylation is 1. The molecule has 0 saturated carbocycles. The predicted octanol–water partition coefficient (Wildman–Crippen LogP) is 5.69. The first kappa shape index (κ1) is 16.0. The second-order valence-electron chi connectivity index (χ2n) is 5.41. The van der Waals surface area contributed by atoms with Gasteiger partial charge in [0.1, 0.15) is 5.03 Å². The zero-order valence-electron chi connectivity index (χ0n) is 13.0. The molecule has 0 spiro atoms. The number of fused-ring (bicyclic) bond motifs is 1. The average Bonchev–Trinajstić information content (AvgIpc) is 2.54. The second-order valence-corrected chi connectivity index (χ2v) is 6.81. The molecule has 3 rings (SSSR count). The summed E-state index contributed by atoms with van der Waals surface area (Å²) in [5.74, 6) is 0.807. The SMILES string of the molecule is CC(=O)c1c(SCc2ccc(Cl)cc2)nc2ccccc2c1C. The number of nitrogens with zero attached hydrogens (tertiary/aromatic N) is 1. The van der Waals surface area contributed by atoms with Gasteiger partial charge in [-0.1, -0.05) is 41.9 Å². The Morgan fingerprint density at radius 2 is 1.83 bits per heavy atom. The number of pyridine rings is 1. The molecule has 2 aromatic carbocycles. The van der Waals surface area contributed by atoms with Gasteiger partial charge in [0, 0.05) is 16.2 Å². The number of thioether (sulfide) groups is 1. The summed E-state index contributed by atoms with van der Waals surface area (Å²) in [7, 11) is 0. The third-order valence-corrected chi connectivity index (χ3v) is 5.06. The number of ketones is 1. The maximum absolute atomic E-state index is 12.1. The minimum Gasteiger partial charge on any atom is -0.294 e. The maximum Gasteiger partial charge on any atom is 0.162 e. The van der Waals surface area contributed by atoms with Crippen LogP contribution >= 0.6 is 23.4 Å². The second kappa shape index (κ2) is 6.73. The lowest BCUT2D eigenvalue weighted by molar-refractivity contribution is 0.101. The lowest BCUT2D eigenvalue weighted by Gasteiger charge is -2.12. The fourth-order valence-corrected chi connectivity index (χ4v) is 3.83. The molecule has 0 atom stereocenters. The van der Waals surface area contributed by atoms with Gasteiger partial charge in [-0.05, 0) is 43.2 Å². The molecule has 0 aliphatic heterocycles. The number of hydrogen-bond donors (Lipinski definition) is 0. The highest BCUT2D eigenvalue weighted by Crippen LogP contribution is 2.31. The van der Waals surface area contributed by atoms with E-state index in [1.807, 2.05) is 55.5 Å². The number of rotatable bonds is 4. The molecule has 0 amide bonds. The van der Waals surface area contributed by atoms with Gasteiger partial charge in [-0.3, -0.25) is 4.79 Å². The summed E-state index contributed by atoms with van der Waals surface area (Å²) in [6.07, 6.45) is 0. The summed E-state index contributed by atoms with van der Waals surface area (Å²) < 4.78 is 0. The van der Waals surface area contributed by atoms with Crippen LogP contribution in [0.5, 0.6) is 0 Å². The minimum atomic E-state index is 0.0550. The van der Waals surface area contributed by atoms with Crippen LogP contribution in [-0.2, 0) is 5.75 Å². The largest absolute Gasteiger partial charge is 0.294 e. The van der Waals surface area contributed by atoms with E-state index in [1.54, 1.807) is 18.7 Å². The summed E-state index contributed by atoms with van der Waals surface area (Å²) in [6, 6.07) is 15.7. The number of benzene rings is 2. The van der Waals surface area contributed by atoms with Gasteiger partial charge in [-0.2, -0.15) is 0 Å². The Labute approximate surface area is 144 Å². The van der Waals surface area contributed by atoms with Crippen molar-refractivity contribution < 1.29 is 4.79 Å². The summed E-state index contributed by atoms with van der Waals surface area (Å²) in [5.41, 5.74) is 3.81. The van der Waals surface area contributed by atoms with Crippen LogP contribution in [0, 0.1) is 6.92 Å². The van der Waals surface area contributed by atoms with E-state index in [9.17, 15) is 4.79 Å². The highest BCUT2D eigenvalue weighted by molar-refractivity contribution is 7.98. The van der Waals surface area contributed by atoms with Crippen LogP contribution in [0.1, 0.15) is 28.4 Å². The minimum absolute atomic E-state index is 0.0550. The molecule has 0 bridgehead atoms. The van der Waals surface area contributed by atoms with Gasteiger partial charge in [-0.15, -0.1) is 11.8 Å². The summed E-state index contributed by atoms with van der Waals surface area (Å²) >= 11 is 7.51. The van der Waals surface area contributed by atoms with E-state index in [-0.39, 0.29) is 5.78 Å². The first-order chi connectivity index (χ1) is 11.1. The van der Waals surface area contributed by atoms with Gasteiger partial charge in [0.2, 0.25) is 0 Å². The van der Waals surface area contributed by atoms with Gasteiger partial charge in [0.25, 0.3) is 0 Å². The molecular weight excluding hydrogens is 326 g/mol.